The van der Waals surface area contributed by atoms with Gasteiger partial charge in [-0.3, -0.25) is 0 Å². The van der Waals surface area contributed by atoms with Crippen molar-refractivity contribution >= 4 is 6.47 Å². The highest BCUT2D eigenvalue weighted by Crippen LogP contribution is 2.16. The molecule has 0 bridgehead atoms. The topological polar surface area (TPSA) is 26.3 Å². The molecule has 1 radical (unpaired) electrons. The predicted molar refractivity (Wildman–Crippen MR) is 49.5 cm³/mol. The summed E-state index contributed by atoms with van der Waals surface area (Å²) in [5, 5.41) is 0. The first-order chi connectivity index (χ1) is 5.68. The summed E-state index contributed by atoms with van der Waals surface area (Å²) >= 11 is 0. The Kier molecular flexibility index (Phi) is 6.82. The van der Waals surface area contributed by atoms with Gasteiger partial charge in [0, 0.05) is 0 Å². The Bertz CT molecular complexity index is 110. The normalized spacial score (nSPS) is 13.0. The van der Waals surface area contributed by atoms with E-state index in [9.17, 15) is 4.79 Å². The molecule has 2 heteroatoms. The minimum atomic E-state index is 0.522. The molecule has 0 aliphatic rings. The van der Waals surface area contributed by atoms with Crippen LogP contribution in [0.4, 0.5) is 0 Å². The summed E-state index contributed by atoms with van der Waals surface area (Å²) in [6, 6.07) is 0. The van der Waals surface area contributed by atoms with Crippen LogP contribution in [0, 0.1) is 11.8 Å². The summed E-state index contributed by atoms with van der Waals surface area (Å²) < 4.78 is 4.47. The summed E-state index contributed by atoms with van der Waals surface area (Å²) in [5.41, 5.74) is 0. The maximum absolute atomic E-state index is 9.66. The summed E-state index contributed by atoms with van der Waals surface area (Å²) in [6.07, 6.45) is 3.33. The van der Waals surface area contributed by atoms with Crippen molar-refractivity contribution in [2.75, 3.05) is 6.61 Å². The van der Waals surface area contributed by atoms with Crippen LogP contribution in [0.3, 0.4) is 0 Å². The average Bonchev–Trinajstić information content (AvgIpc) is 2.03. The van der Waals surface area contributed by atoms with Gasteiger partial charge < -0.3 is 4.74 Å². The molecule has 0 aromatic heterocycles. The Hall–Kier alpha value is -0.530. The van der Waals surface area contributed by atoms with E-state index >= 15 is 0 Å². The van der Waals surface area contributed by atoms with E-state index in [1.807, 2.05) is 0 Å². The van der Waals surface area contributed by atoms with Gasteiger partial charge in [0.1, 0.15) is 0 Å². The molecule has 0 aliphatic heterocycles. The molecule has 0 N–H and O–H groups in total. The first-order valence-electron chi connectivity index (χ1n) is 4.67. The molecule has 0 heterocycles. The van der Waals surface area contributed by atoms with E-state index in [0.29, 0.717) is 6.61 Å². The second-order valence-electron chi connectivity index (χ2n) is 3.65. The largest absolute Gasteiger partial charge is 0.457 e. The van der Waals surface area contributed by atoms with Crippen molar-refractivity contribution in [3.8, 4) is 0 Å². The van der Waals surface area contributed by atoms with Crippen molar-refractivity contribution in [1.82, 2.24) is 0 Å². The molecule has 0 rings (SSSR count). The molecule has 0 saturated heterocycles. The van der Waals surface area contributed by atoms with E-state index in [-0.39, 0.29) is 0 Å². The quantitative estimate of drug-likeness (QED) is 0.550. The molecule has 0 spiro atoms. The van der Waals surface area contributed by atoms with Crippen LogP contribution in [-0.2, 0) is 9.53 Å². The molecule has 0 aromatic carbocycles. The summed E-state index contributed by atoms with van der Waals surface area (Å²) in [5.74, 6) is 1.52. The number of unbranched alkanes of at least 4 members (excludes halogenated alkanes) is 1. The molecule has 0 saturated carbocycles. The average molecular weight is 171 g/mol. The Balaban J connectivity index is 3.13. The molecule has 0 aromatic rings. The lowest BCUT2D eigenvalue weighted by Crippen LogP contribution is -2.04. The standard InChI is InChI=1S/C10H19O2/c1-9(2)10(3)6-4-5-7-12-8-11/h9-10H,4-7H2,1-3H3. The third-order valence-electron chi connectivity index (χ3n) is 2.35. The predicted octanol–water partition coefficient (Wildman–Crippen LogP) is 2.53. The molecule has 2 nitrogen and oxygen atoms in total. The number of carbonyl (C=O) groups excluding carboxylic acids is 1. The van der Waals surface area contributed by atoms with E-state index in [1.54, 1.807) is 0 Å². The summed E-state index contributed by atoms with van der Waals surface area (Å²) in [7, 11) is 0. The zero-order chi connectivity index (χ0) is 9.40. The van der Waals surface area contributed by atoms with E-state index in [2.05, 4.69) is 25.5 Å². The van der Waals surface area contributed by atoms with Crippen molar-refractivity contribution in [2.45, 2.75) is 40.0 Å². The fourth-order valence-electron chi connectivity index (χ4n) is 1.02. The van der Waals surface area contributed by atoms with E-state index in [4.69, 9.17) is 0 Å². The van der Waals surface area contributed by atoms with Crippen molar-refractivity contribution in [1.29, 1.82) is 0 Å². The van der Waals surface area contributed by atoms with Crippen LogP contribution in [0.25, 0.3) is 0 Å². The molecule has 0 fully saturated rings. The highest BCUT2D eigenvalue weighted by Gasteiger charge is 2.05. The molecular weight excluding hydrogens is 152 g/mol. The lowest BCUT2D eigenvalue weighted by atomic mass is 9.93. The molecule has 0 amide bonds. The van der Waals surface area contributed by atoms with Crippen LogP contribution >= 0.6 is 0 Å². The van der Waals surface area contributed by atoms with Gasteiger partial charge in [-0.2, -0.15) is 0 Å². The molecule has 71 valence electrons. The van der Waals surface area contributed by atoms with Gasteiger partial charge in [-0.25, -0.2) is 4.79 Å². The van der Waals surface area contributed by atoms with Gasteiger partial charge in [-0.15, -0.1) is 0 Å². The van der Waals surface area contributed by atoms with Gasteiger partial charge in [0.2, 0.25) is 0 Å². The fourth-order valence-corrected chi connectivity index (χ4v) is 1.02. The second-order valence-corrected chi connectivity index (χ2v) is 3.65. The number of hydrogen-bond donors (Lipinski definition) is 0. The fraction of sp³-hybridized carbons (Fsp3) is 0.900. The van der Waals surface area contributed by atoms with Crippen molar-refractivity contribution < 1.29 is 9.53 Å². The van der Waals surface area contributed by atoms with Crippen LogP contribution < -0.4 is 0 Å². The number of rotatable bonds is 7. The van der Waals surface area contributed by atoms with Gasteiger partial charge in [0.25, 0.3) is 0 Å². The Labute approximate surface area is 75.3 Å². The van der Waals surface area contributed by atoms with E-state index in [0.717, 1.165) is 24.7 Å². The van der Waals surface area contributed by atoms with Crippen LogP contribution in [-0.4, -0.2) is 13.1 Å². The van der Waals surface area contributed by atoms with Gasteiger partial charge in [-0.05, 0) is 24.7 Å². The van der Waals surface area contributed by atoms with Crippen LogP contribution in [0.2, 0.25) is 0 Å². The third-order valence-corrected chi connectivity index (χ3v) is 2.35. The van der Waals surface area contributed by atoms with E-state index < -0.39 is 0 Å². The highest BCUT2D eigenvalue weighted by molar-refractivity contribution is 5.37. The highest BCUT2D eigenvalue weighted by atomic mass is 16.5. The van der Waals surface area contributed by atoms with E-state index in [1.165, 1.54) is 12.9 Å². The molecule has 1 unspecified atom stereocenters. The molecular formula is C10H19O2. The van der Waals surface area contributed by atoms with Crippen molar-refractivity contribution in [3.05, 3.63) is 0 Å². The van der Waals surface area contributed by atoms with Crippen LogP contribution in [0.1, 0.15) is 40.0 Å². The molecule has 1 atom stereocenters. The second kappa shape index (κ2) is 7.14. The zero-order valence-corrected chi connectivity index (χ0v) is 8.30. The maximum Gasteiger partial charge on any atom is 0.417 e. The maximum atomic E-state index is 9.66. The SMILES string of the molecule is CC(C)C(C)CCCCO[C]=O. The monoisotopic (exact) mass is 171 g/mol. The number of ether oxygens (including phenoxy) is 1. The minimum absolute atomic E-state index is 0.522. The first kappa shape index (κ1) is 11.5. The summed E-state index contributed by atoms with van der Waals surface area (Å²) in [6.45, 7) is 8.68. The zero-order valence-electron chi connectivity index (χ0n) is 8.30. The van der Waals surface area contributed by atoms with Crippen molar-refractivity contribution in [3.63, 3.8) is 0 Å². The number of hydrogen-bond acceptors (Lipinski definition) is 2. The Morgan fingerprint density at radius 2 is 1.92 bits per heavy atom. The van der Waals surface area contributed by atoms with Crippen LogP contribution in [0.15, 0.2) is 0 Å². The lowest BCUT2D eigenvalue weighted by molar-refractivity contribution is 0.262. The van der Waals surface area contributed by atoms with Gasteiger partial charge in [0.05, 0.1) is 6.61 Å². The van der Waals surface area contributed by atoms with Gasteiger partial charge in [-0.1, -0.05) is 27.2 Å². The minimum Gasteiger partial charge on any atom is -0.457 e. The lowest BCUT2D eigenvalue weighted by Gasteiger charge is -2.14. The Morgan fingerprint density at radius 3 is 2.42 bits per heavy atom. The first-order valence-corrected chi connectivity index (χ1v) is 4.67. The Morgan fingerprint density at radius 1 is 1.25 bits per heavy atom. The van der Waals surface area contributed by atoms with Crippen molar-refractivity contribution in [2.24, 2.45) is 11.8 Å². The molecule has 12 heavy (non-hydrogen) atoms. The molecule has 0 aliphatic carbocycles. The van der Waals surface area contributed by atoms with Crippen LogP contribution in [0.5, 0.6) is 0 Å². The summed E-state index contributed by atoms with van der Waals surface area (Å²) in [4.78, 5) is 9.66. The smallest absolute Gasteiger partial charge is 0.417 e. The third kappa shape index (κ3) is 6.20. The van der Waals surface area contributed by atoms with Gasteiger partial charge in [0.15, 0.2) is 0 Å². The van der Waals surface area contributed by atoms with Gasteiger partial charge >= 0.3 is 6.47 Å².